The van der Waals surface area contributed by atoms with E-state index in [0.29, 0.717) is 17.5 Å². The van der Waals surface area contributed by atoms with Crippen LogP contribution in [-0.2, 0) is 11.2 Å². The number of carbonyl (C=O) groups is 1. The first-order valence-electron chi connectivity index (χ1n) is 5.27. The van der Waals surface area contributed by atoms with Crippen molar-refractivity contribution in [3.63, 3.8) is 0 Å². The monoisotopic (exact) mass is 324 g/mol. The van der Waals surface area contributed by atoms with Crippen LogP contribution in [0.25, 0.3) is 0 Å². The third-order valence-corrected chi connectivity index (χ3v) is 3.45. The lowest BCUT2D eigenvalue weighted by atomic mass is 10.0. The van der Waals surface area contributed by atoms with Crippen LogP contribution < -0.4 is 4.74 Å². The second-order valence-electron chi connectivity index (χ2n) is 3.78. The van der Waals surface area contributed by atoms with Crippen LogP contribution in [0.3, 0.4) is 0 Å². The third kappa shape index (κ3) is 4.33. The molecule has 1 rings (SSSR count). The van der Waals surface area contributed by atoms with Gasteiger partial charge in [0, 0.05) is 0 Å². The largest absolute Gasteiger partial charge is 0.573 e. The number of alkyl halides is 4. The van der Waals surface area contributed by atoms with Crippen molar-refractivity contribution in [3.05, 3.63) is 29.3 Å². The van der Waals surface area contributed by atoms with Crippen molar-refractivity contribution in [2.45, 2.75) is 31.5 Å². The average molecular weight is 325 g/mol. The van der Waals surface area contributed by atoms with Gasteiger partial charge < -0.3 is 4.74 Å². The normalized spacial score (nSPS) is 13.2. The van der Waals surface area contributed by atoms with Crippen LogP contribution in [0.1, 0.15) is 29.8 Å². The van der Waals surface area contributed by atoms with E-state index in [4.69, 9.17) is 0 Å². The summed E-state index contributed by atoms with van der Waals surface area (Å²) >= 11 is 3.14. The van der Waals surface area contributed by atoms with Crippen molar-refractivity contribution in [2.24, 2.45) is 0 Å². The number of aryl methyl sites for hydroxylation is 1. The second-order valence-corrected chi connectivity index (χ2v) is 4.70. The van der Waals surface area contributed by atoms with Crippen LogP contribution in [0.4, 0.5) is 13.2 Å². The fraction of sp³-hybridized carbons (Fsp3) is 0.417. The molecule has 0 aliphatic carbocycles. The third-order valence-electron chi connectivity index (χ3n) is 2.28. The summed E-state index contributed by atoms with van der Waals surface area (Å²) in [5.74, 6) is -0.483. The molecule has 0 amide bonds. The van der Waals surface area contributed by atoms with E-state index in [9.17, 15) is 18.0 Å². The van der Waals surface area contributed by atoms with Gasteiger partial charge in [-0.1, -0.05) is 28.9 Å². The molecule has 0 aliphatic rings. The van der Waals surface area contributed by atoms with E-state index in [-0.39, 0.29) is 11.5 Å². The molecule has 6 heteroatoms. The molecular formula is C12H12BrF3O2. The molecule has 0 saturated carbocycles. The molecule has 0 fully saturated rings. The molecule has 0 N–H and O–H groups in total. The van der Waals surface area contributed by atoms with Crippen molar-refractivity contribution >= 4 is 21.7 Å². The summed E-state index contributed by atoms with van der Waals surface area (Å²) < 4.78 is 40.4. The first-order chi connectivity index (χ1) is 8.23. The van der Waals surface area contributed by atoms with Crippen molar-refractivity contribution < 1.29 is 22.7 Å². The molecule has 0 heterocycles. The molecule has 18 heavy (non-hydrogen) atoms. The minimum absolute atomic E-state index is 0.179. The Kier molecular flexibility index (Phi) is 4.78. The minimum atomic E-state index is -4.73. The smallest absolute Gasteiger partial charge is 0.406 e. The van der Waals surface area contributed by atoms with Crippen molar-refractivity contribution in [2.75, 3.05) is 0 Å². The molecule has 2 nitrogen and oxygen atoms in total. The molecule has 0 spiro atoms. The van der Waals surface area contributed by atoms with E-state index < -0.39 is 11.2 Å². The summed E-state index contributed by atoms with van der Waals surface area (Å²) in [4.78, 5) is 10.6. The Balaban J connectivity index is 3.13. The van der Waals surface area contributed by atoms with Gasteiger partial charge in [-0.3, -0.25) is 4.79 Å². The van der Waals surface area contributed by atoms with E-state index in [0.717, 1.165) is 0 Å². The van der Waals surface area contributed by atoms with Gasteiger partial charge in [0.15, 0.2) is 0 Å². The number of ether oxygens (including phenoxy) is 1. The minimum Gasteiger partial charge on any atom is -0.406 e. The molecule has 0 saturated heterocycles. The number of carbonyl (C=O) groups excluding carboxylic acids is 1. The van der Waals surface area contributed by atoms with Gasteiger partial charge in [0.2, 0.25) is 0 Å². The van der Waals surface area contributed by atoms with Crippen LogP contribution in [-0.4, -0.2) is 12.1 Å². The Bertz CT molecular complexity index is 443. The highest BCUT2D eigenvalue weighted by Gasteiger charge is 2.31. The highest BCUT2D eigenvalue weighted by molar-refractivity contribution is 9.09. The van der Waals surface area contributed by atoms with E-state index in [1.54, 1.807) is 6.07 Å². The van der Waals surface area contributed by atoms with Gasteiger partial charge in [0.05, 0.1) is 4.83 Å². The van der Waals surface area contributed by atoms with Gasteiger partial charge in [-0.25, -0.2) is 0 Å². The maximum Gasteiger partial charge on any atom is 0.573 e. The van der Waals surface area contributed by atoms with Gasteiger partial charge in [0.25, 0.3) is 0 Å². The fourth-order valence-corrected chi connectivity index (χ4v) is 1.73. The Morgan fingerprint density at radius 1 is 1.39 bits per heavy atom. The van der Waals surface area contributed by atoms with Crippen molar-refractivity contribution in [1.29, 1.82) is 0 Å². The number of hydrogen-bond donors (Lipinski definition) is 0. The number of rotatable bonds is 4. The van der Waals surface area contributed by atoms with E-state index in [1.165, 1.54) is 19.1 Å². The predicted molar refractivity (Wildman–Crippen MR) is 64.9 cm³/mol. The van der Waals surface area contributed by atoms with Crippen LogP contribution in [0, 0.1) is 0 Å². The van der Waals surface area contributed by atoms with E-state index in [1.807, 2.05) is 6.92 Å². The number of benzene rings is 1. The first-order valence-corrected chi connectivity index (χ1v) is 6.18. The molecule has 1 atom stereocenters. The van der Waals surface area contributed by atoms with Crippen LogP contribution in [0.15, 0.2) is 18.2 Å². The lowest BCUT2D eigenvalue weighted by Gasteiger charge is -2.14. The van der Waals surface area contributed by atoms with Gasteiger partial charge in [0.1, 0.15) is 11.5 Å². The van der Waals surface area contributed by atoms with Crippen LogP contribution in [0.5, 0.6) is 5.75 Å². The number of hydrogen-bond acceptors (Lipinski definition) is 2. The number of halogens is 4. The van der Waals surface area contributed by atoms with Crippen LogP contribution >= 0.6 is 15.9 Å². The lowest BCUT2D eigenvalue weighted by molar-refractivity contribution is -0.274. The van der Waals surface area contributed by atoms with E-state index >= 15 is 0 Å². The summed E-state index contributed by atoms with van der Waals surface area (Å²) in [6.45, 7) is 3.18. The molecular weight excluding hydrogens is 313 g/mol. The Morgan fingerprint density at radius 3 is 2.44 bits per heavy atom. The number of ketones is 1. The molecule has 1 unspecified atom stereocenters. The summed E-state index contributed by atoms with van der Waals surface area (Å²) in [7, 11) is 0. The van der Waals surface area contributed by atoms with E-state index in [2.05, 4.69) is 20.7 Å². The Hall–Kier alpha value is -1.04. The average Bonchev–Trinajstić information content (AvgIpc) is 2.24. The predicted octanol–water partition coefficient (Wildman–Crippen LogP) is 4.17. The summed E-state index contributed by atoms with van der Waals surface area (Å²) in [6.07, 6.45) is -4.18. The highest BCUT2D eigenvalue weighted by atomic mass is 79.9. The first kappa shape index (κ1) is 15.0. The van der Waals surface area contributed by atoms with Gasteiger partial charge in [-0.15, -0.1) is 13.2 Å². The zero-order valence-corrected chi connectivity index (χ0v) is 11.4. The summed E-state index contributed by atoms with van der Waals surface area (Å²) in [6, 6.07) is 4.22. The maximum absolute atomic E-state index is 12.2. The number of Topliss-reactive ketones (excluding diaryl/α,β-unsaturated/α-hetero) is 1. The molecule has 0 bridgehead atoms. The quantitative estimate of drug-likeness (QED) is 0.777. The van der Waals surface area contributed by atoms with Gasteiger partial charge in [-0.05, 0) is 36.6 Å². The van der Waals surface area contributed by atoms with Crippen LogP contribution in [0.2, 0.25) is 0 Å². The Morgan fingerprint density at radius 2 is 2.00 bits per heavy atom. The zero-order chi connectivity index (χ0) is 13.9. The Labute approximate surface area is 111 Å². The molecule has 0 aromatic heterocycles. The van der Waals surface area contributed by atoms with Gasteiger partial charge in [-0.2, -0.15) is 0 Å². The zero-order valence-electron chi connectivity index (χ0n) is 9.84. The summed E-state index contributed by atoms with van der Waals surface area (Å²) in [5.41, 5.74) is 1.14. The summed E-state index contributed by atoms with van der Waals surface area (Å²) in [5, 5.41) is 0. The molecule has 0 radical (unpaired) electrons. The molecule has 1 aromatic rings. The highest BCUT2D eigenvalue weighted by Crippen LogP contribution is 2.31. The molecule has 100 valence electrons. The van der Waals surface area contributed by atoms with Crippen molar-refractivity contribution in [3.8, 4) is 5.75 Å². The topological polar surface area (TPSA) is 26.3 Å². The lowest BCUT2D eigenvalue weighted by Crippen LogP contribution is -2.17. The second kappa shape index (κ2) is 5.73. The molecule has 1 aromatic carbocycles. The fourth-order valence-electron chi connectivity index (χ4n) is 1.46. The maximum atomic E-state index is 12.2. The molecule has 0 aliphatic heterocycles. The van der Waals surface area contributed by atoms with Gasteiger partial charge >= 0.3 is 6.36 Å². The SMILES string of the molecule is CCc1cc(OC(F)(F)F)cc(C(Br)C(C)=O)c1. The standard InChI is InChI=1S/C12H12BrF3O2/c1-3-8-4-9(11(13)7(2)17)6-10(5-8)18-12(14,15)16/h4-6,11H,3H2,1-2H3. The van der Waals surface area contributed by atoms with Crippen molar-refractivity contribution in [1.82, 2.24) is 0 Å².